The maximum absolute atomic E-state index is 12.0. The summed E-state index contributed by atoms with van der Waals surface area (Å²) in [5.74, 6) is -1.85. The Balaban J connectivity index is 2.76. The molecule has 0 aliphatic heterocycles. The predicted molar refractivity (Wildman–Crippen MR) is 72.0 cm³/mol. The van der Waals surface area contributed by atoms with Crippen molar-refractivity contribution in [3.63, 3.8) is 0 Å². The molecule has 20 heavy (non-hydrogen) atoms. The number of hydrogen-bond donors (Lipinski definition) is 0. The van der Waals surface area contributed by atoms with E-state index in [-0.39, 0.29) is 18.8 Å². The fraction of sp³-hybridized carbons (Fsp3) is 0.429. The largest absolute Gasteiger partial charge is 0.461 e. The van der Waals surface area contributed by atoms with Gasteiger partial charge in [0, 0.05) is 22.8 Å². The van der Waals surface area contributed by atoms with Gasteiger partial charge in [-0.25, -0.2) is 4.79 Å². The molecule has 0 saturated heterocycles. The number of rotatable bonds is 7. The lowest BCUT2D eigenvalue weighted by Crippen LogP contribution is -2.38. The second kappa shape index (κ2) is 7.37. The number of nitro groups is 1. The molecule has 2 atom stereocenters. The number of carbonyl (C=O) groups excluding carboxylic acids is 2. The molecule has 1 rings (SSSR count). The molecule has 0 amide bonds. The molecule has 108 valence electrons. The van der Waals surface area contributed by atoms with Crippen LogP contribution in [-0.4, -0.2) is 29.3 Å². The van der Waals surface area contributed by atoms with Gasteiger partial charge in [0.25, 0.3) is 0 Å². The first-order valence-corrected chi connectivity index (χ1v) is 6.35. The number of esters is 1. The predicted octanol–water partition coefficient (Wildman–Crippen LogP) is 2.10. The molecule has 0 saturated carbocycles. The lowest BCUT2D eigenvalue weighted by Gasteiger charge is -2.15. The second-order valence-corrected chi connectivity index (χ2v) is 4.45. The molecule has 6 nitrogen and oxygen atoms in total. The van der Waals surface area contributed by atoms with Gasteiger partial charge < -0.3 is 4.74 Å². The molecule has 0 fully saturated rings. The molecule has 0 unspecified atom stereocenters. The van der Waals surface area contributed by atoms with E-state index in [0.29, 0.717) is 5.56 Å². The Hall–Kier alpha value is -2.24. The van der Waals surface area contributed by atoms with Crippen molar-refractivity contribution in [1.29, 1.82) is 0 Å². The smallest absolute Gasteiger partial charge is 0.381 e. The molecule has 0 aliphatic carbocycles. The molecule has 1 aromatic carbocycles. The number of ketones is 1. The van der Waals surface area contributed by atoms with Crippen LogP contribution >= 0.6 is 0 Å². The third kappa shape index (κ3) is 4.15. The van der Waals surface area contributed by atoms with Crippen molar-refractivity contribution in [2.75, 3.05) is 6.61 Å². The quantitative estimate of drug-likeness (QED) is 0.330. The normalized spacial score (nSPS) is 13.3. The van der Waals surface area contributed by atoms with E-state index in [1.54, 1.807) is 37.3 Å². The second-order valence-electron chi connectivity index (χ2n) is 4.45. The minimum absolute atomic E-state index is 0.0719. The lowest BCUT2D eigenvalue weighted by molar-refractivity contribution is -0.518. The van der Waals surface area contributed by atoms with Gasteiger partial charge in [0.2, 0.25) is 0 Å². The molecule has 0 heterocycles. The van der Waals surface area contributed by atoms with Crippen LogP contribution in [0.25, 0.3) is 0 Å². The Labute approximate surface area is 116 Å². The van der Waals surface area contributed by atoms with Crippen molar-refractivity contribution in [3.8, 4) is 0 Å². The van der Waals surface area contributed by atoms with Gasteiger partial charge in [-0.15, -0.1) is 0 Å². The molecule has 0 aliphatic rings. The fourth-order valence-electron chi connectivity index (χ4n) is 1.90. The molecule has 0 spiro atoms. The van der Waals surface area contributed by atoms with Crippen LogP contribution in [0.1, 0.15) is 30.6 Å². The van der Waals surface area contributed by atoms with Crippen LogP contribution in [-0.2, 0) is 9.53 Å². The minimum atomic E-state index is -1.51. The minimum Gasteiger partial charge on any atom is -0.461 e. The fourth-order valence-corrected chi connectivity index (χ4v) is 1.90. The average Bonchev–Trinajstić information content (AvgIpc) is 2.39. The summed E-state index contributed by atoms with van der Waals surface area (Å²) in [4.78, 5) is 33.8. The van der Waals surface area contributed by atoms with Crippen LogP contribution in [0.15, 0.2) is 30.3 Å². The summed E-state index contributed by atoms with van der Waals surface area (Å²) in [6, 6.07) is 6.98. The number of carbonyl (C=O) groups is 2. The van der Waals surface area contributed by atoms with Gasteiger partial charge in [-0.05, 0) is 6.92 Å². The number of Topliss-reactive ketones (excluding diaryl/α,β-unsaturated/α-hetero) is 1. The van der Waals surface area contributed by atoms with E-state index >= 15 is 0 Å². The first kappa shape index (κ1) is 15.8. The Kier molecular flexibility index (Phi) is 5.83. The van der Waals surface area contributed by atoms with E-state index in [1.807, 2.05) is 0 Å². The van der Waals surface area contributed by atoms with Crippen molar-refractivity contribution in [1.82, 2.24) is 0 Å². The molecule has 0 N–H and O–H groups in total. The van der Waals surface area contributed by atoms with E-state index in [2.05, 4.69) is 4.74 Å². The zero-order chi connectivity index (χ0) is 15.1. The third-order valence-corrected chi connectivity index (χ3v) is 2.90. The average molecular weight is 279 g/mol. The number of nitrogens with zero attached hydrogens (tertiary/aromatic N) is 1. The molecular formula is C14H17NO5. The Morgan fingerprint density at radius 1 is 1.30 bits per heavy atom. The van der Waals surface area contributed by atoms with Crippen LogP contribution < -0.4 is 0 Å². The van der Waals surface area contributed by atoms with Gasteiger partial charge in [-0.2, -0.15) is 0 Å². The van der Waals surface area contributed by atoms with Crippen molar-refractivity contribution in [2.24, 2.45) is 5.92 Å². The monoisotopic (exact) mass is 279 g/mol. The standard InChI is InChI=1S/C14H17NO5/c1-3-20-14(17)13(15(18)19)10(2)9-12(16)11-7-5-4-6-8-11/h4-8,10,13H,3,9H2,1-2H3/t10-,13-/m1/s1. The molecular weight excluding hydrogens is 262 g/mol. The summed E-state index contributed by atoms with van der Waals surface area (Å²) in [5, 5.41) is 11.0. The Morgan fingerprint density at radius 3 is 2.40 bits per heavy atom. The Morgan fingerprint density at radius 2 is 1.90 bits per heavy atom. The molecule has 0 aromatic heterocycles. The van der Waals surface area contributed by atoms with Crippen molar-refractivity contribution in [3.05, 3.63) is 46.0 Å². The van der Waals surface area contributed by atoms with Gasteiger partial charge in [0.1, 0.15) is 0 Å². The van der Waals surface area contributed by atoms with Crippen LogP contribution in [0.5, 0.6) is 0 Å². The van der Waals surface area contributed by atoms with Gasteiger partial charge in [-0.3, -0.25) is 14.9 Å². The van der Waals surface area contributed by atoms with Crippen LogP contribution in [0.3, 0.4) is 0 Å². The van der Waals surface area contributed by atoms with Crippen LogP contribution in [0.2, 0.25) is 0 Å². The summed E-state index contributed by atoms with van der Waals surface area (Å²) in [6.45, 7) is 3.16. The lowest BCUT2D eigenvalue weighted by atomic mass is 9.93. The highest BCUT2D eigenvalue weighted by atomic mass is 16.6. The highest BCUT2D eigenvalue weighted by Gasteiger charge is 2.38. The van der Waals surface area contributed by atoms with E-state index in [4.69, 9.17) is 0 Å². The van der Waals surface area contributed by atoms with E-state index < -0.39 is 22.9 Å². The Bertz CT molecular complexity index is 486. The number of ether oxygens (including phenoxy) is 1. The maximum atomic E-state index is 12.0. The van der Waals surface area contributed by atoms with Crippen molar-refractivity contribution < 1.29 is 19.2 Å². The molecule has 1 aromatic rings. The van der Waals surface area contributed by atoms with Crippen molar-refractivity contribution in [2.45, 2.75) is 26.3 Å². The molecule has 0 bridgehead atoms. The summed E-state index contributed by atoms with van der Waals surface area (Å²) in [7, 11) is 0. The van der Waals surface area contributed by atoms with Crippen LogP contribution in [0, 0.1) is 16.0 Å². The SMILES string of the molecule is CCOC(=O)[C@@H]([C@H](C)CC(=O)c1ccccc1)[N+](=O)[O-]. The molecule has 6 heteroatoms. The summed E-state index contributed by atoms with van der Waals surface area (Å²) in [5.41, 5.74) is 0.477. The van der Waals surface area contributed by atoms with E-state index in [0.717, 1.165) is 0 Å². The van der Waals surface area contributed by atoms with Gasteiger partial charge in [0.15, 0.2) is 5.78 Å². The van der Waals surface area contributed by atoms with E-state index in [9.17, 15) is 19.7 Å². The molecule has 0 radical (unpaired) electrons. The zero-order valence-electron chi connectivity index (χ0n) is 11.4. The topological polar surface area (TPSA) is 86.5 Å². The summed E-state index contributed by atoms with van der Waals surface area (Å²) >= 11 is 0. The van der Waals surface area contributed by atoms with Gasteiger partial charge in [-0.1, -0.05) is 37.3 Å². The number of hydrogen-bond acceptors (Lipinski definition) is 5. The highest BCUT2D eigenvalue weighted by Crippen LogP contribution is 2.16. The van der Waals surface area contributed by atoms with Crippen molar-refractivity contribution >= 4 is 11.8 Å². The zero-order valence-corrected chi connectivity index (χ0v) is 11.4. The maximum Gasteiger partial charge on any atom is 0.381 e. The van der Waals surface area contributed by atoms with Gasteiger partial charge in [0.05, 0.1) is 6.61 Å². The highest BCUT2D eigenvalue weighted by molar-refractivity contribution is 5.96. The van der Waals surface area contributed by atoms with E-state index in [1.165, 1.54) is 6.92 Å². The summed E-state index contributed by atoms with van der Waals surface area (Å²) < 4.78 is 4.68. The van der Waals surface area contributed by atoms with Gasteiger partial charge >= 0.3 is 12.0 Å². The number of benzene rings is 1. The first-order valence-electron chi connectivity index (χ1n) is 6.35. The first-order chi connectivity index (χ1) is 9.47. The summed E-state index contributed by atoms with van der Waals surface area (Å²) in [6.07, 6.45) is -0.0749. The van der Waals surface area contributed by atoms with Crippen LogP contribution in [0.4, 0.5) is 0 Å². The third-order valence-electron chi connectivity index (χ3n) is 2.90.